The fraction of sp³-hybridized carbons (Fsp3) is 0.196. The van der Waals surface area contributed by atoms with E-state index in [0.29, 0.717) is 23.0 Å². The summed E-state index contributed by atoms with van der Waals surface area (Å²) in [5, 5.41) is 37.6. The van der Waals surface area contributed by atoms with Gasteiger partial charge >= 0.3 is 0 Å². The number of aromatic hydroxyl groups is 2. The van der Waals surface area contributed by atoms with Gasteiger partial charge < -0.3 is 32.2 Å². The van der Waals surface area contributed by atoms with Gasteiger partial charge in [0.1, 0.15) is 30.2 Å². The molecule has 3 aliphatic rings. The van der Waals surface area contributed by atoms with Crippen molar-refractivity contribution >= 4 is 32.4 Å². The number of aromatic nitrogens is 1. The Labute approximate surface area is 311 Å². The number of hydrogen-bond donors (Lipinski definition) is 3. The lowest BCUT2D eigenvalue weighted by Crippen LogP contribution is -3.00. The lowest BCUT2D eigenvalue weighted by molar-refractivity contribution is -0.984. The van der Waals surface area contributed by atoms with E-state index >= 15 is 0 Å². The molecule has 0 amide bonds. The molecule has 7 aromatic rings. The van der Waals surface area contributed by atoms with Crippen LogP contribution >= 0.6 is 0 Å². The second-order valence-electron chi connectivity index (χ2n) is 14.2. The zero-order chi connectivity index (χ0) is 35.0. The van der Waals surface area contributed by atoms with Gasteiger partial charge in [-0.15, -0.1) is 6.58 Å². The van der Waals surface area contributed by atoms with Gasteiger partial charge in [0.05, 0.1) is 18.6 Å². The molecule has 0 unspecified atom stereocenters. The first kappa shape index (κ1) is 35.2. The fourth-order valence-electron chi connectivity index (χ4n) is 8.96. The van der Waals surface area contributed by atoms with Gasteiger partial charge in [-0.25, -0.2) is 0 Å². The standard InChI is InChI=1S/C26H29N2O.C20H14O2.ClH/c1-2-20-18-28(17-19-8-4-3-5-9-19)15-13-21(20)16-25(28)26(29)23-12-14-27-24-11-7-6-10-22(23)24;21-17-11-9-13-5-1-3-7-15(13)19(17)20-16-8-4-2-6-14(16)10-12-18(20)22;/h2-12,14,20-21,25-26,29H,1,13,15-18H2;1-12,21-22H;1H/q+1;;/p-1/t20-,21-,25-,26+,28+;;/m0../s1. The summed E-state index contributed by atoms with van der Waals surface area (Å²) in [6, 6.07) is 44.0. The Kier molecular flexibility index (Phi) is 10.0. The van der Waals surface area contributed by atoms with Crippen LogP contribution in [0, 0.1) is 11.8 Å². The monoisotopic (exact) mass is 706 g/mol. The predicted octanol–water partition coefficient (Wildman–Crippen LogP) is 6.95. The Morgan fingerprint density at radius 3 is 1.92 bits per heavy atom. The Morgan fingerprint density at radius 1 is 0.712 bits per heavy atom. The van der Waals surface area contributed by atoms with Crippen LogP contribution in [-0.4, -0.2) is 43.9 Å². The van der Waals surface area contributed by atoms with Crippen molar-refractivity contribution in [2.24, 2.45) is 11.8 Å². The Balaban J connectivity index is 0.000000164. The highest BCUT2D eigenvalue weighted by Crippen LogP contribution is 2.48. The SMILES string of the molecule is C=C[C@H]1C[N@+]2(Cc3ccccc3)CC[C@H]1C[C@H]2[C@H](O)c1ccnc2ccccc12.Oc1ccc2ccccc2c1-c1c(O)ccc2ccccc12.[Cl-]. The van der Waals surface area contributed by atoms with Gasteiger partial charge in [0.2, 0.25) is 0 Å². The van der Waals surface area contributed by atoms with Crippen LogP contribution in [0.4, 0.5) is 0 Å². The number of aliphatic hydroxyl groups excluding tert-OH is 1. The van der Waals surface area contributed by atoms with Crippen molar-refractivity contribution in [2.75, 3.05) is 13.1 Å². The number of phenolic OH excluding ortho intramolecular Hbond substituents is 2. The minimum absolute atomic E-state index is 0. The van der Waals surface area contributed by atoms with Crippen molar-refractivity contribution in [2.45, 2.75) is 31.5 Å². The molecule has 0 spiro atoms. The van der Waals surface area contributed by atoms with Gasteiger partial charge in [-0.3, -0.25) is 4.98 Å². The van der Waals surface area contributed by atoms with Crippen LogP contribution in [0.15, 0.2) is 152 Å². The minimum atomic E-state index is -0.486. The van der Waals surface area contributed by atoms with Gasteiger partial charge in [0.25, 0.3) is 0 Å². The van der Waals surface area contributed by atoms with Crippen molar-refractivity contribution in [1.82, 2.24) is 4.98 Å². The quantitative estimate of drug-likeness (QED) is 0.129. The van der Waals surface area contributed by atoms with Crippen LogP contribution in [0.3, 0.4) is 0 Å². The maximum Gasteiger partial charge on any atom is 0.131 e. The van der Waals surface area contributed by atoms with Gasteiger partial charge in [0.15, 0.2) is 0 Å². The third-order valence-electron chi connectivity index (χ3n) is 11.4. The van der Waals surface area contributed by atoms with E-state index < -0.39 is 6.10 Å². The topological polar surface area (TPSA) is 73.6 Å². The maximum absolute atomic E-state index is 11.7. The van der Waals surface area contributed by atoms with Crippen molar-refractivity contribution in [3.63, 3.8) is 0 Å². The molecule has 6 aromatic carbocycles. The lowest BCUT2D eigenvalue weighted by atomic mass is 9.71. The van der Waals surface area contributed by atoms with E-state index in [4.69, 9.17) is 0 Å². The number of hydrogen-bond acceptors (Lipinski definition) is 4. The number of pyridine rings is 1. The van der Waals surface area contributed by atoms with E-state index in [0.717, 1.165) is 68.5 Å². The number of fused-ring (bicyclic) bond motifs is 6. The van der Waals surface area contributed by atoms with Crippen LogP contribution in [0.1, 0.15) is 30.1 Å². The molecule has 5 atom stereocenters. The van der Waals surface area contributed by atoms with Crippen LogP contribution in [-0.2, 0) is 6.54 Å². The fourth-order valence-corrected chi connectivity index (χ4v) is 8.96. The normalized spacial score (nSPS) is 21.2. The first-order chi connectivity index (χ1) is 25.0. The average Bonchev–Trinajstić information content (AvgIpc) is 3.18. The molecule has 3 fully saturated rings. The van der Waals surface area contributed by atoms with E-state index in [1.165, 1.54) is 12.0 Å². The average molecular weight is 707 g/mol. The number of rotatable bonds is 6. The summed E-state index contributed by atoms with van der Waals surface area (Å²) >= 11 is 0. The van der Waals surface area contributed by atoms with Gasteiger partial charge in [0, 0.05) is 47.0 Å². The van der Waals surface area contributed by atoms with E-state index in [-0.39, 0.29) is 29.9 Å². The molecule has 0 saturated carbocycles. The molecule has 0 radical (unpaired) electrons. The van der Waals surface area contributed by atoms with Crippen molar-refractivity contribution in [3.8, 4) is 22.6 Å². The number of phenols is 2. The Hall–Kier alpha value is -5.20. The highest BCUT2D eigenvalue weighted by Gasteiger charge is 2.54. The van der Waals surface area contributed by atoms with E-state index in [1.807, 2.05) is 91.1 Å². The van der Waals surface area contributed by atoms with E-state index in [1.54, 1.807) is 12.1 Å². The summed E-state index contributed by atoms with van der Waals surface area (Å²) in [5.74, 6) is 1.52. The molecule has 6 heteroatoms. The van der Waals surface area contributed by atoms with Crippen molar-refractivity contribution in [1.29, 1.82) is 0 Å². The third-order valence-corrected chi connectivity index (χ3v) is 11.4. The maximum atomic E-state index is 11.7. The largest absolute Gasteiger partial charge is 1.00 e. The van der Waals surface area contributed by atoms with Crippen LogP contribution < -0.4 is 12.4 Å². The number of quaternary nitrogens is 1. The summed E-state index contributed by atoms with van der Waals surface area (Å²) in [5.41, 5.74) is 4.68. The molecule has 52 heavy (non-hydrogen) atoms. The molecule has 1 aromatic heterocycles. The Morgan fingerprint density at radius 2 is 1.29 bits per heavy atom. The van der Waals surface area contributed by atoms with Gasteiger partial charge in [-0.1, -0.05) is 115 Å². The summed E-state index contributed by atoms with van der Waals surface area (Å²) in [6.07, 6.45) is 5.79. The summed E-state index contributed by atoms with van der Waals surface area (Å²) in [6.45, 7) is 7.32. The molecule has 3 aliphatic heterocycles. The van der Waals surface area contributed by atoms with E-state index in [2.05, 4.69) is 54.0 Å². The zero-order valence-electron chi connectivity index (χ0n) is 29.0. The molecule has 3 saturated heterocycles. The van der Waals surface area contributed by atoms with Crippen molar-refractivity contribution < 1.29 is 32.2 Å². The number of halogens is 1. The second kappa shape index (κ2) is 14.8. The van der Waals surface area contributed by atoms with Crippen molar-refractivity contribution in [3.05, 3.63) is 163 Å². The third kappa shape index (κ3) is 6.41. The smallest absolute Gasteiger partial charge is 0.131 e. The molecule has 3 N–H and O–H groups in total. The molecule has 2 bridgehead atoms. The molecular weight excluding hydrogens is 664 g/mol. The molecular formula is C46H43ClN2O3. The van der Waals surface area contributed by atoms with Crippen LogP contribution in [0.5, 0.6) is 11.5 Å². The number of para-hydroxylation sites is 1. The Bertz CT molecular complexity index is 2270. The molecule has 262 valence electrons. The molecule has 4 heterocycles. The summed E-state index contributed by atoms with van der Waals surface area (Å²) in [7, 11) is 0. The summed E-state index contributed by atoms with van der Waals surface area (Å²) in [4.78, 5) is 4.50. The van der Waals surface area contributed by atoms with Crippen LogP contribution in [0.25, 0.3) is 43.6 Å². The predicted molar refractivity (Wildman–Crippen MR) is 207 cm³/mol. The molecule has 5 nitrogen and oxygen atoms in total. The van der Waals surface area contributed by atoms with Gasteiger partial charge in [-0.05, 0) is 57.3 Å². The number of benzene rings is 6. The lowest BCUT2D eigenvalue weighted by Gasteiger charge is -2.58. The van der Waals surface area contributed by atoms with Gasteiger partial charge in [-0.2, -0.15) is 0 Å². The minimum Gasteiger partial charge on any atom is -1.00 e. The first-order valence-corrected chi connectivity index (χ1v) is 17.9. The first-order valence-electron chi connectivity index (χ1n) is 17.9. The summed E-state index contributed by atoms with van der Waals surface area (Å²) < 4.78 is 0.953. The molecule has 0 aliphatic carbocycles. The van der Waals surface area contributed by atoms with Crippen LogP contribution in [0.2, 0.25) is 0 Å². The zero-order valence-corrected chi connectivity index (χ0v) is 29.8. The number of aliphatic hydroxyl groups is 1. The number of piperidine rings is 3. The van der Waals surface area contributed by atoms with E-state index in [9.17, 15) is 15.3 Å². The molecule has 10 rings (SSSR count). The highest BCUT2D eigenvalue weighted by atomic mass is 35.5. The highest BCUT2D eigenvalue weighted by molar-refractivity contribution is 6.09. The number of nitrogens with zero attached hydrogens (tertiary/aromatic N) is 2. The second-order valence-corrected chi connectivity index (χ2v) is 14.2.